The number of hydrogen-bond acceptors (Lipinski definition) is 4. The molecule has 1 saturated heterocycles. The Labute approximate surface area is 175 Å². The van der Waals surface area contributed by atoms with Crippen LogP contribution in [-0.4, -0.2) is 33.3 Å². The number of benzene rings is 3. The van der Waals surface area contributed by atoms with Crippen molar-refractivity contribution in [3.63, 3.8) is 0 Å². The average molecular weight is 391 g/mol. The standard InChI is InChI=1S/C25H21N5/c1-2-8-16(9-3-1)30-25(26-27-28-30)29-14-21-22(15-29)24-18-11-5-4-10-17(18)23(21)19-12-6-7-13-20(19)24/h1-13,21-24H,14-15H2/t21-,22-,23?,24?/m0/s1. The van der Waals surface area contributed by atoms with Gasteiger partial charge in [-0.3, -0.25) is 0 Å². The molecular weight excluding hydrogens is 370 g/mol. The highest BCUT2D eigenvalue weighted by atomic mass is 15.6. The molecular formula is C25H21N5. The molecule has 2 heterocycles. The molecule has 0 N–H and O–H groups in total. The van der Waals surface area contributed by atoms with E-state index in [1.807, 2.05) is 22.9 Å². The summed E-state index contributed by atoms with van der Waals surface area (Å²) in [4.78, 5) is 2.40. The zero-order valence-electron chi connectivity index (χ0n) is 16.5. The van der Waals surface area contributed by atoms with Crippen LogP contribution >= 0.6 is 0 Å². The second-order valence-corrected chi connectivity index (χ2v) is 8.67. The van der Waals surface area contributed by atoms with Crippen molar-refractivity contribution in [1.29, 1.82) is 0 Å². The molecule has 2 atom stereocenters. The van der Waals surface area contributed by atoms with Crippen LogP contribution in [0.15, 0.2) is 78.9 Å². The third-order valence-corrected chi connectivity index (χ3v) is 7.34. The van der Waals surface area contributed by atoms with E-state index in [2.05, 4.69) is 81.1 Å². The number of tetrazole rings is 1. The maximum Gasteiger partial charge on any atom is 0.250 e. The van der Waals surface area contributed by atoms with Gasteiger partial charge in [-0.2, -0.15) is 4.68 Å². The molecule has 1 aliphatic heterocycles. The fourth-order valence-electron chi connectivity index (χ4n) is 6.25. The first-order valence-corrected chi connectivity index (χ1v) is 10.7. The van der Waals surface area contributed by atoms with Crippen LogP contribution in [0.25, 0.3) is 5.69 Å². The number of para-hydroxylation sites is 1. The predicted molar refractivity (Wildman–Crippen MR) is 115 cm³/mol. The van der Waals surface area contributed by atoms with Gasteiger partial charge in [-0.05, 0) is 56.6 Å². The highest BCUT2D eigenvalue weighted by molar-refractivity contribution is 5.58. The van der Waals surface area contributed by atoms with Crippen molar-refractivity contribution < 1.29 is 0 Å². The number of rotatable bonds is 2. The SMILES string of the molecule is c1ccc(-n2nnnc2N2C[C@@H]3C4c5ccccc5C(c5ccccc54)[C@H]3C2)cc1. The van der Waals surface area contributed by atoms with E-state index in [9.17, 15) is 0 Å². The monoisotopic (exact) mass is 391 g/mol. The summed E-state index contributed by atoms with van der Waals surface area (Å²) in [5, 5.41) is 12.7. The van der Waals surface area contributed by atoms with E-state index in [-0.39, 0.29) is 0 Å². The van der Waals surface area contributed by atoms with Crippen molar-refractivity contribution in [2.75, 3.05) is 18.0 Å². The highest BCUT2D eigenvalue weighted by Crippen LogP contribution is 2.60. The number of hydrogen-bond donors (Lipinski definition) is 0. The van der Waals surface area contributed by atoms with E-state index in [0.717, 1.165) is 24.7 Å². The van der Waals surface area contributed by atoms with Gasteiger partial charge in [0.1, 0.15) is 0 Å². The van der Waals surface area contributed by atoms with Crippen LogP contribution in [0.2, 0.25) is 0 Å². The van der Waals surface area contributed by atoms with Crippen molar-refractivity contribution in [2.24, 2.45) is 11.8 Å². The van der Waals surface area contributed by atoms with Gasteiger partial charge in [0, 0.05) is 24.9 Å². The van der Waals surface area contributed by atoms with Gasteiger partial charge in [0.05, 0.1) is 5.69 Å². The first kappa shape index (κ1) is 16.3. The minimum Gasteiger partial charge on any atom is -0.339 e. The minimum absolute atomic E-state index is 0.457. The first-order chi connectivity index (χ1) is 14.9. The van der Waals surface area contributed by atoms with Crippen LogP contribution in [-0.2, 0) is 0 Å². The Bertz CT molecular complexity index is 1140. The molecule has 3 aliphatic carbocycles. The van der Waals surface area contributed by atoms with Crippen molar-refractivity contribution in [3.8, 4) is 5.69 Å². The Hall–Kier alpha value is -3.47. The third kappa shape index (κ3) is 2.09. The zero-order chi connectivity index (χ0) is 19.7. The molecule has 3 aromatic carbocycles. The summed E-state index contributed by atoms with van der Waals surface area (Å²) in [5.41, 5.74) is 7.08. The van der Waals surface area contributed by atoms with Crippen LogP contribution in [0.5, 0.6) is 0 Å². The fourth-order valence-corrected chi connectivity index (χ4v) is 6.25. The van der Waals surface area contributed by atoms with Crippen LogP contribution in [0.3, 0.4) is 0 Å². The van der Waals surface area contributed by atoms with Gasteiger partial charge in [0.25, 0.3) is 0 Å². The van der Waals surface area contributed by atoms with Crippen LogP contribution in [0.4, 0.5) is 5.95 Å². The third-order valence-electron chi connectivity index (χ3n) is 7.34. The lowest BCUT2D eigenvalue weighted by molar-refractivity contribution is 0.294. The average Bonchev–Trinajstić information content (AvgIpc) is 3.47. The van der Waals surface area contributed by atoms with Gasteiger partial charge >= 0.3 is 0 Å². The molecule has 146 valence electrons. The summed E-state index contributed by atoms with van der Waals surface area (Å²) in [7, 11) is 0. The maximum atomic E-state index is 4.43. The molecule has 5 heteroatoms. The summed E-state index contributed by atoms with van der Waals surface area (Å²) >= 11 is 0. The molecule has 0 amide bonds. The van der Waals surface area contributed by atoms with Crippen LogP contribution in [0, 0.1) is 11.8 Å². The molecule has 4 aromatic rings. The van der Waals surface area contributed by atoms with E-state index in [1.165, 1.54) is 22.3 Å². The van der Waals surface area contributed by atoms with Gasteiger partial charge in [0.2, 0.25) is 5.95 Å². The Morgan fingerprint density at radius 3 is 1.67 bits per heavy atom. The first-order valence-electron chi connectivity index (χ1n) is 10.7. The molecule has 0 unspecified atom stereocenters. The normalized spacial score (nSPS) is 25.7. The summed E-state index contributed by atoms with van der Waals surface area (Å²) in [6.07, 6.45) is 0. The lowest BCUT2D eigenvalue weighted by atomic mass is 9.55. The fraction of sp³-hybridized carbons (Fsp3) is 0.240. The largest absolute Gasteiger partial charge is 0.339 e. The lowest BCUT2D eigenvalue weighted by Gasteiger charge is -2.47. The van der Waals surface area contributed by atoms with E-state index < -0.39 is 0 Å². The number of nitrogens with zero attached hydrogens (tertiary/aromatic N) is 5. The van der Waals surface area contributed by atoms with Crippen molar-refractivity contribution in [1.82, 2.24) is 20.2 Å². The van der Waals surface area contributed by atoms with E-state index in [4.69, 9.17) is 0 Å². The molecule has 2 bridgehead atoms. The van der Waals surface area contributed by atoms with Crippen LogP contribution in [0.1, 0.15) is 34.1 Å². The molecule has 0 spiro atoms. The molecule has 1 fully saturated rings. The van der Waals surface area contributed by atoms with Gasteiger partial charge < -0.3 is 4.90 Å². The Kier molecular flexibility index (Phi) is 3.28. The van der Waals surface area contributed by atoms with Crippen molar-refractivity contribution in [3.05, 3.63) is 101 Å². The van der Waals surface area contributed by atoms with Gasteiger partial charge in [0.15, 0.2) is 0 Å². The van der Waals surface area contributed by atoms with E-state index in [0.29, 0.717) is 23.7 Å². The summed E-state index contributed by atoms with van der Waals surface area (Å²) in [5.74, 6) is 2.93. The number of aromatic nitrogens is 4. The molecule has 30 heavy (non-hydrogen) atoms. The molecule has 0 saturated carbocycles. The maximum absolute atomic E-state index is 4.43. The Morgan fingerprint density at radius 2 is 1.13 bits per heavy atom. The molecule has 8 rings (SSSR count). The lowest BCUT2D eigenvalue weighted by Crippen LogP contribution is -2.39. The predicted octanol–water partition coefficient (Wildman–Crippen LogP) is 4.01. The van der Waals surface area contributed by atoms with Gasteiger partial charge in [-0.1, -0.05) is 71.8 Å². The zero-order valence-corrected chi connectivity index (χ0v) is 16.5. The quantitative estimate of drug-likeness (QED) is 0.518. The molecule has 5 nitrogen and oxygen atoms in total. The van der Waals surface area contributed by atoms with Gasteiger partial charge in [-0.15, -0.1) is 0 Å². The molecule has 4 aliphatic rings. The summed E-state index contributed by atoms with van der Waals surface area (Å²) in [6, 6.07) is 28.3. The summed E-state index contributed by atoms with van der Waals surface area (Å²) < 4.78 is 1.87. The number of anilines is 1. The highest BCUT2D eigenvalue weighted by Gasteiger charge is 2.53. The van der Waals surface area contributed by atoms with Crippen molar-refractivity contribution in [2.45, 2.75) is 11.8 Å². The van der Waals surface area contributed by atoms with Gasteiger partial charge in [-0.25, -0.2) is 0 Å². The Morgan fingerprint density at radius 1 is 0.633 bits per heavy atom. The van der Waals surface area contributed by atoms with E-state index >= 15 is 0 Å². The second kappa shape index (κ2) is 6.02. The smallest absolute Gasteiger partial charge is 0.250 e. The van der Waals surface area contributed by atoms with E-state index in [1.54, 1.807) is 0 Å². The molecule has 1 aromatic heterocycles. The van der Waals surface area contributed by atoms with Crippen molar-refractivity contribution >= 4 is 5.95 Å². The topological polar surface area (TPSA) is 46.8 Å². The second-order valence-electron chi connectivity index (χ2n) is 8.67. The minimum atomic E-state index is 0.457. The molecule has 0 radical (unpaired) electrons. The van der Waals surface area contributed by atoms with Crippen LogP contribution < -0.4 is 4.90 Å². The summed E-state index contributed by atoms with van der Waals surface area (Å²) in [6.45, 7) is 1.98. The Balaban J connectivity index is 1.33.